The van der Waals surface area contributed by atoms with Gasteiger partial charge in [0.2, 0.25) is 0 Å². The average molecular weight is 532 g/mol. The normalized spacial score (nSPS) is 23.8. The lowest BCUT2D eigenvalue weighted by Gasteiger charge is -2.34. The first-order valence-corrected chi connectivity index (χ1v) is 13.4. The van der Waals surface area contributed by atoms with E-state index in [4.69, 9.17) is 24.1 Å². The number of benzene rings is 2. The van der Waals surface area contributed by atoms with Crippen LogP contribution in [0.4, 0.5) is 0 Å². The minimum absolute atomic E-state index is 0.0160. The number of nitrogens with two attached hydrogens (primary N) is 1. The molecule has 0 spiro atoms. The molecule has 3 aromatic rings. The lowest BCUT2D eigenvalue weighted by atomic mass is 10.0. The Bertz CT molecular complexity index is 1390. The Kier molecular flexibility index (Phi) is 8.37. The smallest absolute Gasteiger partial charge is 0.330 e. The molecule has 0 amide bonds. The zero-order valence-corrected chi connectivity index (χ0v) is 21.0. The van der Waals surface area contributed by atoms with Crippen LogP contribution in [-0.2, 0) is 47.5 Å². The molecule has 1 aromatic heterocycles. The molecule has 4 rings (SSSR count). The molecule has 1 fully saturated rings. The third-order valence-electron chi connectivity index (χ3n) is 5.95. The maximum atomic E-state index is 12.8. The third-order valence-corrected chi connectivity index (χ3v) is 6.50. The van der Waals surface area contributed by atoms with Crippen LogP contribution in [0.2, 0.25) is 0 Å². The average Bonchev–Trinajstić information content (AvgIpc) is 3.15. The molecule has 1 aliphatic heterocycles. The van der Waals surface area contributed by atoms with Gasteiger partial charge in [0.15, 0.2) is 11.8 Å². The first-order valence-electron chi connectivity index (χ1n) is 11.6. The molecule has 0 bridgehead atoms. The predicted octanol–water partition coefficient (Wildman–Crippen LogP) is 0.694. The van der Waals surface area contributed by atoms with E-state index in [0.29, 0.717) is 0 Å². The summed E-state index contributed by atoms with van der Waals surface area (Å²) >= 11 is 0. The molecule has 37 heavy (non-hydrogen) atoms. The molecule has 3 N–H and O–H groups in total. The van der Waals surface area contributed by atoms with Gasteiger partial charge in [0.1, 0.15) is 12.2 Å². The van der Waals surface area contributed by atoms with Crippen molar-refractivity contribution in [2.75, 3.05) is 19.4 Å². The Labute approximate surface area is 213 Å². The van der Waals surface area contributed by atoms with Gasteiger partial charge in [-0.05, 0) is 11.1 Å². The second kappa shape index (κ2) is 11.5. The van der Waals surface area contributed by atoms with Crippen LogP contribution < -0.4 is 17.0 Å². The summed E-state index contributed by atoms with van der Waals surface area (Å²) in [6.45, 7) is -0.00979. The molecule has 0 aliphatic carbocycles. The van der Waals surface area contributed by atoms with Gasteiger partial charge in [-0.15, -0.1) is 0 Å². The largest absolute Gasteiger partial charge is 0.374 e. The fraction of sp³-hybridized carbons (Fsp3) is 0.360. The Balaban J connectivity index is 1.70. The number of nitrogens with zero attached hydrogens (tertiary/aromatic N) is 1. The van der Waals surface area contributed by atoms with Gasteiger partial charge < -0.3 is 19.9 Å². The zero-order chi connectivity index (χ0) is 26.5. The van der Waals surface area contributed by atoms with Crippen molar-refractivity contribution in [1.29, 1.82) is 0 Å². The molecular formula is C25H29N3O8S. The molecule has 0 radical (unpaired) electrons. The van der Waals surface area contributed by atoms with Crippen LogP contribution in [0.15, 0.2) is 82.5 Å². The molecule has 198 valence electrons. The van der Waals surface area contributed by atoms with Crippen molar-refractivity contribution in [2.24, 2.45) is 5.73 Å². The second-order valence-electron chi connectivity index (χ2n) is 8.67. The Morgan fingerprint density at radius 1 is 1.00 bits per heavy atom. The Morgan fingerprint density at radius 3 is 2.19 bits per heavy atom. The highest BCUT2D eigenvalue weighted by Gasteiger charge is 2.59. The van der Waals surface area contributed by atoms with Crippen molar-refractivity contribution in [3.05, 3.63) is 105 Å². The van der Waals surface area contributed by atoms with Gasteiger partial charge >= 0.3 is 5.69 Å². The van der Waals surface area contributed by atoms with Gasteiger partial charge in [0.25, 0.3) is 15.7 Å². The minimum atomic E-state index is -4.06. The van der Waals surface area contributed by atoms with Gasteiger partial charge in [0, 0.05) is 18.8 Å². The fourth-order valence-corrected chi connectivity index (χ4v) is 4.93. The summed E-state index contributed by atoms with van der Waals surface area (Å²) < 4.78 is 49.5. The molecule has 4 atom stereocenters. The SMILES string of the molecule is CS(=O)(=O)O[C@H]1[C@H](OCc2ccccc2)[C@@H](COCc2ccccc2)O[C@@]1(CN)n1ccc(=O)[nH]c1=O. The summed E-state index contributed by atoms with van der Waals surface area (Å²) in [7, 11) is -4.06. The molecule has 2 aromatic carbocycles. The number of rotatable bonds is 11. The standard InChI is InChI=1S/C25H29N3O8S/c1-37(31,32)36-23-22(34-15-19-10-6-3-7-11-19)20(16-33-14-18-8-4-2-5-9-18)35-25(23,17-26)28-13-12-21(29)27-24(28)30/h2-13,20,22-23H,14-17,26H2,1H3,(H,27,29,30)/t20-,22-,23+,25-/m1/s1. The molecule has 12 heteroatoms. The van der Waals surface area contributed by atoms with E-state index in [9.17, 15) is 18.0 Å². The molecule has 1 saturated heterocycles. The maximum Gasteiger partial charge on any atom is 0.330 e. The lowest BCUT2D eigenvalue weighted by molar-refractivity contribution is -0.143. The number of H-pyrrole nitrogens is 1. The van der Waals surface area contributed by atoms with Crippen LogP contribution in [-0.4, -0.2) is 55.7 Å². The van der Waals surface area contributed by atoms with Crippen molar-refractivity contribution in [3.8, 4) is 0 Å². The van der Waals surface area contributed by atoms with E-state index in [2.05, 4.69) is 4.98 Å². The fourth-order valence-electron chi connectivity index (χ4n) is 4.30. The van der Waals surface area contributed by atoms with Gasteiger partial charge in [-0.25, -0.2) is 4.79 Å². The van der Waals surface area contributed by atoms with E-state index < -0.39 is 45.4 Å². The Morgan fingerprint density at radius 2 is 1.62 bits per heavy atom. The quantitative estimate of drug-likeness (QED) is 0.341. The topological polar surface area (TPSA) is 152 Å². The number of nitrogens with one attached hydrogen (secondary N) is 1. The monoisotopic (exact) mass is 531 g/mol. The van der Waals surface area contributed by atoms with Gasteiger partial charge in [0.05, 0.1) is 26.1 Å². The first kappa shape index (κ1) is 26.9. The highest BCUT2D eigenvalue weighted by atomic mass is 32.2. The summed E-state index contributed by atoms with van der Waals surface area (Å²) in [5.74, 6) is 0. The van der Waals surface area contributed by atoms with E-state index in [-0.39, 0.29) is 26.4 Å². The first-order chi connectivity index (χ1) is 17.7. The molecular weight excluding hydrogens is 502 g/mol. The molecule has 2 heterocycles. The van der Waals surface area contributed by atoms with Crippen molar-refractivity contribution < 1.29 is 26.8 Å². The van der Waals surface area contributed by atoms with Crippen LogP contribution in [0.25, 0.3) is 0 Å². The predicted molar refractivity (Wildman–Crippen MR) is 134 cm³/mol. The van der Waals surface area contributed by atoms with Crippen molar-refractivity contribution in [1.82, 2.24) is 9.55 Å². The molecule has 0 saturated carbocycles. The van der Waals surface area contributed by atoms with Crippen LogP contribution >= 0.6 is 0 Å². The summed E-state index contributed by atoms with van der Waals surface area (Å²) in [6.07, 6.45) is -1.18. The number of hydrogen-bond donors (Lipinski definition) is 2. The van der Waals surface area contributed by atoms with Crippen molar-refractivity contribution in [2.45, 2.75) is 37.3 Å². The maximum absolute atomic E-state index is 12.8. The van der Waals surface area contributed by atoms with Gasteiger partial charge in [-0.2, -0.15) is 8.42 Å². The highest BCUT2D eigenvalue weighted by Crippen LogP contribution is 2.39. The molecule has 0 unspecified atom stereocenters. The Hall–Kier alpha value is -3.13. The van der Waals surface area contributed by atoms with E-state index in [0.717, 1.165) is 28.0 Å². The lowest BCUT2D eigenvalue weighted by Crippen LogP contribution is -2.57. The molecule has 1 aliphatic rings. The third kappa shape index (κ3) is 6.42. The number of aromatic nitrogens is 2. The molecule has 11 nitrogen and oxygen atoms in total. The number of ether oxygens (including phenoxy) is 3. The zero-order valence-electron chi connectivity index (χ0n) is 20.2. The highest BCUT2D eigenvalue weighted by molar-refractivity contribution is 7.86. The summed E-state index contributed by atoms with van der Waals surface area (Å²) in [6, 6.07) is 19.8. The summed E-state index contributed by atoms with van der Waals surface area (Å²) in [5.41, 5.74) is 4.59. The van der Waals surface area contributed by atoms with E-state index >= 15 is 0 Å². The summed E-state index contributed by atoms with van der Waals surface area (Å²) in [5, 5.41) is 0. The van der Waals surface area contributed by atoms with Crippen molar-refractivity contribution in [3.63, 3.8) is 0 Å². The van der Waals surface area contributed by atoms with Crippen LogP contribution in [0.3, 0.4) is 0 Å². The number of aromatic amines is 1. The second-order valence-corrected chi connectivity index (χ2v) is 10.3. The van der Waals surface area contributed by atoms with Gasteiger partial charge in [-0.1, -0.05) is 60.7 Å². The minimum Gasteiger partial charge on any atom is -0.374 e. The van der Waals surface area contributed by atoms with Crippen LogP contribution in [0.5, 0.6) is 0 Å². The number of hydrogen-bond acceptors (Lipinski definition) is 9. The van der Waals surface area contributed by atoms with E-state index in [1.54, 1.807) is 0 Å². The van der Waals surface area contributed by atoms with E-state index in [1.165, 1.54) is 6.20 Å². The van der Waals surface area contributed by atoms with Gasteiger partial charge in [-0.3, -0.25) is 18.5 Å². The summed E-state index contributed by atoms with van der Waals surface area (Å²) in [4.78, 5) is 26.7. The van der Waals surface area contributed by atoms with Crippen molar-refractivity contribution >= 4 is 10.1 Å². The van der Waals surface area contributed by atoms with Crippen LogP contribution in [0, 0.1) is 0 Å². The van der Waals surface area contributed by atoms with E-state index in [1.807, 2.05) is 60.7 Å². The van der Waals surface area contributed by atoms with Crippen LogP contribution in [0.1, 0.15) is 11.1 Å².